The summed E-state index contributed by atoms with van der Waals surface area (Å²) >= 11 is 3.52. The Kier molecular flexibility index (Phi) is 5.15. The minimum Gasteiger partial charge on any atom is -0.496 e. The molecule has 0 aliphatic rings. The van der Waals surface area contributed by atoms with Crippen molar-refractivity contribution in [2.45, 2.75) is 26.4 Å². The van der Waals surface area contributed by atoms with Gasteiger partial charge in [0.2, 0.25) is 0 Å². The molecular weight excluding hydrogens is 316 g/mol. The number of aryl methyl sites for hydroxylation is 1. The lowest BCUT2D eigenvalue weighted by atomic mass is 10.1. The maximum Gasteiger partial charge on any atom is 0.133 e. The van der Waals surface area contributed by atoms with E-state index in [4.69, 9.17) is 4.74 Å². The van der Waals surface area contributed by atoms with E-state index < -0.39 is 0 Å². The lowest BCUT2D eigenvalue weighted by Gasteiger charge is -2.16. The van der Waals surface area contributed by atoms with Crippen molar-refractivity contribution in [1.29, 1.82) is 0 Å². The Bertz CT molecular complexity index is 586. The van der Waals surface area contributed by atoms with E-state index in [-0.39, 0.29) is 6.04 Å². The summed E-state index contributed by atoms with van der Waals surface area (Å²) in [4.78, 5) is 4.40. The number of nitrogens with one attached hydrogen (secondary N) is 1. The molecule has 1 heterocycles. The molecule has 0 aliphatic carbocycles. The highest BCUT2D eigenvalue weighted by atomic mass is 79.9. The van der Waals surface area contributed by atoms with E-state index in [1.807, 2.05) is 18.3 Å². The predicted molar refractivity (Wildman–Crippen MR) is 84.9 cm³/mol. The summed E-state index contributed by atoms with van der Waals surface area (Å²) < 4.78 is 6.22. The Morgan fingerprint density at radius 3 is 2.80 bits per heavy atom. The van der Waals surface area contributed by atoms with Crippen LogP contribution in [0.15, 0.2) is 41.0 Å². The molecule has 1 aromatic carbocycles. The molecule has 0 spiro atoms. The summed E-state index contributed by atoms with van der Waals surface area (Å²) in [7, 11) is 1.67. The Balaban J connectivity index is 2.03. The molecule has 2 aromatic rings. The second-order valence-corrected chi connectivity index (χ2v) is 5.62. The van der Waals surface area contributed by atoms with Crippen LogP contribution < -0.4 is 10.1 Å². The van der Waals surface area contributed by atoms with Crippen LogP contribution in [0.25, 0.3) is 0 Å². The number of aromatic nitrogens is 1. The molecule has 1 N–H and O–H groups in total. The van der Waals surface area contributed by atoms with E-state index in [0.29, 0.717) is 0 Å². The Labute approximate surface area is 128 Å². The van der Waals surface area contributed by atoms with Crippen LogP contribution in [-0.2, 0) is 6.54 Å². The number of hydrogen-bond donors (Lipinski definition) is 1. The average Bonchev–Trinajstić information content (AvgIpc) is 2.46. The quantitative estimate of drug-likeness (QED) is 0.896. The van der Waals surface area contributed by atoms with Gasteiger partial charge in [-0.1, -0.05) is 12.1 Å². The van der Waals surface area contributed by atoms with E-state index in [2.05, 4.69) is 58.3 Å². The smallest absolute Gasteiger partial charge is 0.133 e. The van der Waals surface area contributed by atoms with E-state index in [9.17, 15) is 0 Å². The largest absolute Gasteiger partial charge is 0.496 e. The first-order valence-corrected chi connectivity index (χ1v) is 7.38. The van der Waals surface area contributed by atoms with Gasteiger partial charge in [0.1, 0.15) is 5.75 Å². The molecule has 0 bridgehead atoms. The van der Waals surface area contributed by atoms with E-state index in [0.717, 1.165) is 22.5 Å². The highest BCUT2D eigenvalue weighted by Gasteiger charge is 2.09. The molecule has 4 heteroatoms. The van der Waals surface area contributed by atoms with Crippen LogP contribution in [-0.4, -0.2) is 12.1 Å². The monoisotopic (exact) mass is 334 g/mol. The fourth-order valence-electron chi connectivity index (χ4n) is 2.02. The number of methoxy groups -OCH3 is 1. The summed E-state index contributed by atoms with van der Waals surface area (Å²) in [6, 6.07) is 10.4. The van der Waals surface area contributed by atoms with E-state index in [1.54, 1.807) is 7.11 Å². The van der Waals surface area contributed by atoms with Gasteiger partial charge in [-0.15, -0.1) is 0 Å². The third-order valence-corrected chi connectivity index (χ3v) is 3.99. The standard InChI is InChI=1S/C16H19BrN2O/c1-11-5-4-8-18-15(11)10-19-12(2)13-6-7-16(20-3)14(17)9-13/h4-9,12,19H,10H2,1-3H3. The number of hydrogen-bond acceptors (Lipinski definition) is 3. The minimum atomic E-state index is 0.249. The molecule has 106 valence electrons. The van der Waals surface area contributed by atoms with Crippen LogP contribution in [0.1, 0.15) is 29.8 Å². The molecule has 0 fully saturated rings. The summed E-state index contributed by atoms with van der Waals surface area (Å²) in [5.41, 5.74) is 3.52. The van der Waals surface area contributed by atoms with Gasteiger partial charge in [0.05, 0.1) is 17.3 Å². The van der Waals surface area contributed by atoms with Gasteiger partial charge >= 0.3 is 0 Å². The summed E-state index contributed by atoms with van der Waals surface area (Å²) in [5, 5.41) is 3.50. The lowest BCUT2D eigenvalue weighted by molar-refractivity contribution is 0.411. The van der Waals surface area contributed by atoms with Crippen molar-refractivity contribution < 1.29 is 4.74 Å². The van der Waals surface area contributed by atoms with Gasteiger partial charge in [-0.05, 0) is 59.1 Å². The van der Waals surface area contributed by atoms with Crippen LogP contribution in [0.2, 0.25) is 0 Å². The van der Waals surface area contributed by atoms with Crippen molar-refractivity contribution in [1.82, 2.24) is 10.3 Å². The Hall–Kier alpha value is -1.39. The third-order valence-electron chi connectivity index (χ3n) is 3.37. The zero-order valence-corrected chi connectivity index (χ0v) is 13.6. The number of rotatable bonds is 5. The second kappa shape index (κ2) is 6.86. The van der Waals surface area contributed by atoms with Crippen molar-refractivity contribution in [3.05, 3.63) is 57.8 Å². The maximum absolute atomic E-state index is 5.25. The van der Waals surface area contributed by atoms with Gasteiger partial charge in [-0.3, -0.25) is 4.98 Å². The minimum absolute atomic E-state index is 0.249. The first kappa shape index (κ1) is 15.0. The highest BCUT2D eigenvalue weighted by molar-refractivity contribution is 9.10. The van der Waals surface area contributed by atoms with E-state index >= 15 is 0 Å². The normalized spacial score (nSPS) is 12.2. The van der Waals surface area contributed by atoms with Crippen molar-refractivity contribution in [2.75, 3.05) is 7.11 Å². The van der Waals surface area contributed by atoms with Crippen molar-refractivity contribution in [2.24, 2.45) is 0 Å². The number of pyridine rings is 1. The van der Waals surface area contributed by atoms with Gasteiger partial charge in [0.15, 0.2) is 0 Å². The molecule has 0 saturated carbocycles. The molecule has 20 heavy (non-hydrogen) atoms. The maximum atomic E-state index is 5.25. The molecule has 0 radical (unpaired) electrons. The van der Waals surface area contributed by atoms with Gasteiger partial charge in [-0.25, -0.2) is 0 Å². The summed E-state index contributed by atoms with van der Waals surface area (Å²) in [6.45, 7) is 4.99. The number of ether oxygens (including phenoxy) is 1. The summed E-state index contributed by atoms with van der Waals surface area (Å²) in [5.74, 6) is 0.849. The SMILES string of the molecule is COc1ccc(C(C)NCc2ncccc2C)cc1Br. The first-order valence-electron chi connectivity index (χ1n) is 6.59. The average molecular weight is 335 g/mol. The molecule has 3 nitrogen and oxygen atoms in total. The van der Waals surface area contributed by atoms with Crippen LogP contribution >= 0.6 is 15.9 Å². The summed E-state index contributed by atoms with van der Waals surface area (Å²) in [6.07, 6.45) is 1.83. The number of nitrogens with zero attached hydrogens (tertiary/aromatic N) is 1. The van der Waals surface area contributed by atoms with Crippen molar-refractivity contribution in [3.8, 4) is 5.75 Å². The number of halogens is 1. The third kappa shape index (κ3) is 3.58. The molecule has 1 aromatic heterocycles. The predicted octanol–water partition coefficient (Wildman–Crippen LogP) is 4.01. The van der Waals surface area contributed by atoms with Crippen LogP contribution in [0.4, 0.5) is 0 Å². The van der Waals surface area contributed by atoms with Gasteiger partial charge in [-0.2, -0.15) is 0 Å². The van der Waals surface area contributed by atoms with Crippen molar-refractivity contribution in [3.63, 3.8) is 0 Å². The van der Waals surface area contributed by atoms with Crippen LogP contribution in [0.3, 0.4) is 0 Å². The van der Waals surface area contributed by atoms with Gasteiger partial charge < -0.3 is 10.1 Å². The number of benzene rings is 1. The zero-order chi connectivity index (χ0) is 14.5. The Morgan fingerprint density at radius 1 is 1.35 bits per heavy atom. The van der Waals surface area contributed by atoms with Gasteiger partial charge in [0.25, 0.3) is 0 Å². The molecular formula is C16H19BrN2O. The zero-order valence-electron chi connectivity index (χ0n) is 12.0. The first-order chi connectivity index (χ1) is 9.61. The fourth-order valence-corrected chi connectivity index (χ4v) is 2.58. The van der Waals surface area contributed by atoms with Crippen LogP contribution in [0.5, 0.6) is 5.75 Å². The molecule has 0 saturated heterocycles. The second-order valence-electron chi connectivity index (χ2n) is 4.76. The Morgan fingerprint density at radius 2 is 2.15 bits per heavy atom. The topological polar surface area (TPSA) is 34.1 Å². The highest BCUT2D eigenvalue weighted by Crippen LogP contribution is 2.28. The lowest BCUT2D eigenvalue weighted by Crippen LogP contribution is -2.19. The molecule has 0 amide bonds. The molecule has 1 unspecified atom stereocenters. The van der Waals surface area contributed by atoms with E-state index in [1.165, 1.54) is 11.1 Å². The molecule has 0 aliphatic heterocycles. The molecule has 1 atom stereocenters. The van der Waals surface area contributed by atoms with Crippen LogP contribution in [0, 0.1) is 6.92 Å². The fraction of sp³-hybridized carbons (Fsp3) is 0.312. The molecule has 2 rings (SSSR count). The van der Waals surface area contributed by atoms with Crippen molar-refractivity contribution >= 4 is 15.9 Å². The van der Waals surface area contributed by atoms with Gasteiger partial charge in [0, 0.05) is 18.8 Å².